The van der Waals surface area contributed by atoms with Gasteiger partial charge in [-0.15, -0.1) is 0 Å². The van der Waals surface area contributed by atoms with Crippen molar-refractivity contribution in [3.63, 3.8) is 0 Å². The molecule has 1 aliphatic heterocycles. The van der Waals surface area contributed by atoms with Crippen LogP contribution in [0.25, 0.3) is 0 Å². The minimum Gasteiger partial charge on any atom is -0.494 e. The molecule has 2 heterocycles. The largest absolute Gasteiger partial charge is 0.494 e. The monoisotopic (exact) mass is 425 g/mol. The van der Waals surface area contributed by atoms with Gasteiger partial charge in [-0.25, -0.2) is 4.57 Å². The molecule has 0 saturated carbocycles. The van der Waals surface area contributed by atoms with E-state index in [9.17, 15) is 15.0 Å². The predicted molar refractivity (Wildman–Crippen MR) is 120 cm³/mol. The number of allylic oxidation sites excluding steroid dienone is 2. The number of carbonyl (C=O) groups excluding carboxylic acids is 1. The van der Waals surface area contributed by atoms with Crippen LogP contribution in [0.3, 0.4) is 0 Å². The Hall–Kier alpha value is -2.93. The van der Waals surface area contributed by atoms with Gasteiger partial charge in [0.25, 0.3) is 0 Å². The maximum Gasteiger partial charge on any atom is 0.237 e. The first kappa shape index (κ1) is 21.3. The van der Waals surface area contributed by atoms with E-state index in [1.165, 1.54) is 0 Å². The van der Waals surface area contributed by atoms with Gasteiger partial charge in [0.05, 0.1) is 11.8 Å². The van der Waals surface area contributed by atoms with Crippen molar-refractivity contribution in [3.8, 4) is 17.5 Å². The molecule has 0 amide bonds. The maximum atomic E-state index is 12.7. The minimum atomic E-state index is -0.275. The van der Waals surface area contributed by atoms with Gasteiger partial charge in [-0.3, -0.25) is 9.69 Å². The van der Waals surface area contributed by atoms with Gasteiger partial charge in [0.15, 0.2) is 0 Å². The number of benzene rings is 1. The van der Waals surface area contributed by atoms with E-state index in [0.717, 1.165) is 42.2 Å². The lowest BCUT2D eigenvalue weighted by molar-refractivity contribution is 0.0862. The second-order valence-corrected chi connectivity index (χ2v) is 8.43. The molecule has 0 atom stereocenters. The van der Waals surface area contributed by atoms with Crippen LogP contribution in [0.4, 0.5) is 5.69 Å². The molecule has 2 N–H and O–H groups in total. The average molecular weight is 426 g/mol. The molecule has 1 aliphatic carbocycles. The van der Waals surface area contributed by atoms with Gasteiger partial charge < -0.3 is 19.8 Å². The second kappa shape index (κ2) is 9.06. The molecule has 1 fully saturated rings. The molecule has 0 bridgehead atoms. The second-order valence-electron chi connectivity index (χ2n) is 8.43. The molecular weight excluding hydrogens is 394 g/mol. The Kier molecular flexibility index (Phi) is 6.23. The zero-order valence-electron chi connectivity index (χ0n) is 18.3. The maximum absolute atomic E-state index is 12.7. The first-order chi connectivity index (χ1) is 15.0. The van der Waals surface area contributed by atoms with Crippen molar-refractivity contribution in [2.45, 2.75) is 39.2 Å². The van der Waals surface area contributed by atoms with Crippen molar-refractivity contribution in [1.82, 2.24) is 9.47 Å². The zero-order valence-corrected chi connectivity index (χ0v) is 18.3. The van der Waals surface area contributed by atoms with Gasteiger partial charge in [0.1, 0.15) is 5.75 Å². The molecule has 4 rings (SSSR count). The standard InChI is InChI=1S/C24H31N3O4/c1-17(2)31-21-10-6-5-9-20(21)26-15-13-25(14-16-26)12-11-22(28)27-23(29)18-7-3-4-8-19(18)24(27)30/h3-6,9-10,17,29-30H,7-8,11-16H2,1-2H3. The number of hydrogen-bond acceptors (Lipinski definition) is 6. The number of rotatable bonds is 6. The SMILES string of the molecule is CC(C)Oc1ccccc1N1CCN(CCC(=O)n2c(O)c3c(c2O)CC=CC3)CC1. The highest BCUT2D eigenvalue weighted by molar-refractivity contribution is 5.84. The van der Waals surface area contributed by atoms with Gasteiger partial charge in [-0.05, 0) is 38.8 Å². The Morgan fingerprint density at radius 1 is 1.00 bits per heavy atom. The summed E-state index contributed by atoms with van der Waals surface area (Å²) in [6, 6.07) is 8.11. The normalized spacial score (nSPS) is 16.5. The summed E-state index contributed by atoms with van der Waals surface area (Å²) >= 11 is 0. The number of ether oxygens (including phenoxy) is 1. The zero-order chi connectivity index (χ0) is 22.0. The lowest BCUT2D eigenvalue weighted by Crippen LogP contribution is -2.47. The van der Waals surface area contributed by atoms with Crippen LogP contribution in [0, 0.1) is 0 Å². The van der Waals surface area contributed by atoms with Crippen molar-refractivity contribution in [3.05, 3.63) is 47.5 Å². The number of anilines is 1. The van der Waals surface area contributed by atoms with Gasteiger partial charge in [0, 0.05) is 50.3 Å². The Balaban J connectivity index is 1.34. The number of fused-ring (bicyclic) bond motifs is 1. The fraction of sp³-hybridized carbons (Fsp3) is 0.458. The van der Waals surface area contributed by atoms with Gasteiger partial charge >= 0.3 is 0 Å². The van der Waals surface area contributed by atoms with E-state index in [0.29, 0.717) is 30.5 Å². The molecule has 0 unspecified atom stereocenters. The third-order valence-electron chi connectivity index (χ3n) is 5.97. The summed E-state index contributed by atoms with van der Waals surface area (Å²) in [6.07, 6.45) is 5.34. The van der Waals surface area contributed by atoms with E-state index in [1.807, 2.05) is 44.2 Å². The first-order valence-electron chi connectivity index (χ1n) is 11.0. The number of carbonyl (C=O) groups is 1. The summed E-state index contributed by atoms with van der Waals surface area (Å²) in [7, 11) is 0. The number of aromatic nitrogens is 1. The van der Waals surface area contributed by atoms with Gasteiger partial charge in [-0.1, -0.05) is 24.3 Å². The van der Waals surface area contributed by atoms with Crippen molar-refractivity contribution < 1.29 is 19.7 Å². The molecule has 2 aliphatic rings. The van der Waals surface area contributed by atoms with Crippen LogP contribution < -0.4 is 9.64 Å². The Bertz CT molecular complexity index is 940. The van der Waals surface area contributed by atoms with E-state index in [-0.39, 0.29) is 30.2 Å². The van der Waals surface area contributed by atoms with Crippen molar-refractivity contribution in [2.24, 2.45) is 0 Å². The van der Waals surface area contributed by atoms with Crippen molar-refractivity contribution in [2.75, 3.05) is 37.6 Å². The molecule has 7 nitrogen and oxygen atoms in total. The highest BCUT2D eigenvalue weighted by atomic mass is 16.5. The van der Waals surface area contributed by atoms with E-state index < -0.39 is 0 Å². The molecule has 31 heavy (non-hydrogen) atoms. The molecule has 7 heteroatoms. The van der Waals surface area contributed by atoms with Crippen molar-refractivity contribution >= 4 is 11.6 Å². The fourth-order valence-corrected chi connectivity index (χ4v) is 4.36. The van der Waals surface area contributed by atoms with Crippen LogP contribution >= 0.6 is 0 Å². The summed E-state index contributed by atoms with van der Waals surface area (Å²) < 4.78 is 7.03. The molecular formula is C24H31N3O4. The smallest absolute Gasteiger partial charge is 0.237 e. The predicted octanol–water partition coefficient (Wildman–Crippen LogP) is 3.19. The molecule has 1 aromatic carbocycles. The molecule has 0 radical (unpaired) electrons. The van der Waals surface area contributed by atoms with E-state index in [2.05, 4.69) is 15.9 Å². The quantitative estimate of drug-likeness (QED) is 0.692. The van der Waals surface area contributed by atoms with Crippen LogP contribution in [-0.2, 0) is 12.8 Å². The lowest BCUT2D eigenvalue weighted by atomic mass is 10.0. The highest BCUT2D eigenvalue weighted by Gasteiger charge is 2.27. The Morgan fingerprint density at radius 2 is 1.61 bits per heavy atom. The third-order valence-corrected chi connectivity index (χ3v) is 5.97. The number of aromatic hydroxyl groups is 2. The summed E-state index contributed by atoms with van der Waals surface area (Å²) in [5, 5.41) is 20.9. The summed E-state index contributed by atoms with van der Waals surface area (Å²) in [4.78, 5) is 17.3. The van der Waals surface area contributed by atoms with E-state index >= 15 is 0 Å². The van der Waals surface area contributed by atoms with Crippen molar-refractivity contribution in [1.29, 1.82) is 0 Å². The van der Waals surface area contributed by atoms with Gasteiger partial charge in [-0.2, -0.15) is 0 Å². The number of para-hydroxylation sites is 2. The molecule has 166 valence electrons. The number of hydrogen-bond donors (Lipinski definition) is 2. The fourth-order valence-electron chi connectivity index (χ4n) is 4.36. The molecule has 0 spiro atoms. The average Bonchev–Trinajstić information content (AvgIpc) is 3.03. The van der Waals surface area contributed by atoms with Gasteiger partial charge in [0.2, 0.25) is 17.7 Å². The third kappa shape index (κ3) is 4.42. The minimum absolute atomic E-state index is 0.117. The first-order valence-corrected chi connectivity index (χ1v) is 11.0. The van der Waals surface area contributed by atoms with Crippen LogP contribution in [0.2, 0.25) is 0 Å². The van der Waals surface area contributed by atoms with Crippen LogP contribution in [0.1, 0.15) is 36.2 Å². The lowest BCUT2D eigenvalue weighted by Gasteiger charge is -2.36. The topological polar surface area (TPSA) is 78.2 Å². The number of piperazine rings is 1. The van der Waals surface area contributed by atoms with Crippen LogP contribution in [0.5, 0.6) is 17.5 Å². The molecule has 2 aromatic rings. The highest BCUT2D eigenvalue weighted by Crippen LogP contribution is 2.37. The summed E-state index contributed by atoms with van der Waals surface area (Å²) in [6.45, 7) is 8.04. The summed E-state index contributed by atoms with van der Waals surface area (Å²) in [5.74, 6) is 0.391. The Labute approximate surface area is 183 Å². The summed E-state index contributed by atoms with van der Waals surface area (Å²) in [5.41, 5.74) is 2.42. The number of nitrogens with zero attached hydrogens (tertiary/aromatic N) is 3. The van der Waals surface area contributed by atoms with E-state index in [1.54, 1.807) is 0 Å². The Morgan fingerprint density at radius 3 is 2.23 bits per heavy atom. The van der Waals surface area contributed by atoms with Crippen LogP contribution in [-0.4, -0.2) is 64.4 Å². The molecule has 1 aromatic heterocycles. The van der Waals surface area contributed by atoms with E-state index in [4.69, 9.17) is 4.74 Å². The van der Waals surface area contributed by atoms with Crippen LogP contribution in [0.15, 0.2) is 36.4 Å². The molecule has 1 saturated heterocycles.